The Morgan fingerprint density at radius 1 is 1.03 bits per heavy atom. The molecule has 1 saturated carbocycles. The molecule has 1 aliphatic carbocycles. The summed E-state index contributed by atoms with van der Waals surface area (Å²) in [5, 5.41) is 9.25. The third kappa shape index (κ3) is 4.36. The van der Waals surface area contributed by atoms with Crippen molar-refractivity contribution in [1.29, 1.82) is 0 Å². The first kappa shape index (κ1) is 21.1. The number of carboxylic acids is 1. The van der Waals surface area contributed by atoms with Gasteiger partial charge in [0.1, 0.15) is 5.82 Å². The fourth-order valence-corrected chi connectivity index (χ4v) is 4.21. The SMILES string of the molecule is C=CCCC1CCC(c2ccc(C(=O)O)c(F)c2-c2cc(F)c(F)c(F)c2)CC1. The summed E-state index contributed by atoms with van der Waals surface area (Å²) < 4.78 is 56.1. The lowest BCUT2D eigenvalue weighted by Crippen LogP contribution is -2.15. The monoisotopic (exact) mass is 406 g/mol. The van der Waals surface area contributed by atoms with Gasteiger partial charge >= 0.3 is 5.97 Å². The number of hydrogen-bond donors (Lipinski definition) is 1. The summed E-state index contributed by atoms with van der Waals surface area (Å²) in [7, 11) is 0. The molecular formula is C23H22F4O2. The van der Waals surface area contributed by atoms with Gasteiger partial charge in [0.25, 0.3) is 0 Å². The van der Waals surface area contributed by atoms with E-state index in [9.17, 15) is 23.1 Å². The fraction of sp³-hybridized carbons (Fsp3) is 0.348. The highest BCUT2D eigenvalue weighted by molar-refractivity contribution is 5.90. The molecule has 0 heterocycles. The Balaban J connectivity index is 2.04. The van der Waals surface area contributed by atoms with Crippen molar-refractivity contribution in [1.82, 2.24) is 0 Å². The van der Waals surface area contributed by atoms with Crippen molar-refractivity contribution in [2.45, 2.75) is 44.4 Å². The molecule has 2 nitrogen and oxygen atoms in total. The van der Waals surface area contributed by atoms with E-state index in [4.69, 9.17) is 0 Å². The van der Waals surface area contributed by atoms with Gasteiger partial charge in [0, 0.05) is 5.56 Å². The average Bonchev–Trinajstić information content (AvgIpc) is 2.70. The molecule has 0 atom stereocenters. The van der Waals surface area contributed by atoms with Gasteiger partial charge in [-0.25, -0.2) is 22.4 Å². The maximum Gasteiger partial charge on any atom is 0.338 e. The highest BCUT2D eigenvalue weighted by atomic mass is 19.2. The third-order valence-electron chi connectivity index (χ3n) is 5.74. The summed E-state index contributed by atoms with van der Waals surface area (Å²) in [6, 6.07) is 4.11. The molecule has 154 valence electrons. The molecule has 0 aliphatic heterocycles. The van der Waals surface area contributed by atoms with Crippen LogP contribution in [0.2, 0.25) is 0 Å². The molecule has 0 bridgehead atoms. The predicted molar refractivity (Wildman–Crippen MR) is 103 cm³/mol. The second-order valence-electron chi connectivity index (χ2n) is 7.53. The number of allylic oxidation sites excluding steroid dienone is 1. The van der Waals surface area contributed by atoms with E-state index in [2.05, 4.69) is 6.58 Å². The van der Waals surface area contributed by atoms with Crippen LogP contribution >= 0.6 is 0 Å². The second kappa shape index (κ2) is 8.80. The number of hydrogen-bond acceptors (Lipinski definition) is 1. The summed E-state index contributed by atoms with van der Waals surface area (Å²) in [6.07, 6.45) is 7.20. The van der Waals surface area contributed by atoms with Crippen molar-refractivity contribution >= 4 is 5.97 Å². The topological polar surface area (TPSA) is 37.3 Å². The van der Waals surface area contributed by atoms with Crippen molar-refractivity contribution in [3.8, 4) is 11.1 Å². The van der Waals surface area contributed by atoms with Crippen LogP contribution in [0.4, 0.5) is 17.6 Å². The van der Waals surface area contributed by atoms with Crippen molar-refractivity contribution in [3.63, 3.8) is 0 Å². The zero-order valence-corrected chi connectivity index (χ0v) is 15.9. The van der Waals surface area contributed by atoms with E-state index in [1.165, 1.54) is 12.1 Å². The van der Waals surface area contributed by atoms with E-state index in [1.54, 1.807) is 0 Å². The maximum absolute atomic E-state index is 15.1. The summed E-state index contributed by atoms with van der Waals surface area (Å²) in [5.74, 6) is -6.61. The number of aromatic carboxylic acids is 1. The standard InChI is InChI=1S/C23H22F4O2/c1-2-3-4-13-5-7-14(8-6-13)16-9-10-17(23(28)29)21(26)20(16)15-11-18(24)22(27)19(25)12-15/h2,9-14H,1,3-8H2,(H,28,29). The first-order valence-corrected chi connectivity index (χ1v) is 9.65. The van der Waals surface area contributed by atoms with Gasteiger partial charge in [-0.05, 0) is 79.7 Å². The van der Waals surface area contributed by atoms with E-state index < -0.39 is 34.8 Å². The predicted octanol–water partition coefficient (Wildman–Crippen LogP) is 6.85. The van der Waals surface area contributed by atoms with Crippen LogP contribution in [0.1, 0.15) is 60.4 Å². The van der Waals surface area contributed by atoms with Crippen LogP contribution in [0, 0.1) is 29.2 Å². The molecule has 1 fully saturated rings. The number of rotatable bonds is 6. The minimum Gasteiger partial charge on any atom is -0.478 e. The molecule has 6 heteroatoms. The van der Waals surface area contributed by atoms with Crippen molar-refractivity contribution in [2.24, 2.45) is 5.92 Å². The lowest BCUT2D eigenvalue weighted by molar-refractivity contribution is 0.0692. The lowest BCUT2D eigenvalue weighted by atomic mass is 9.75. The Bertz CT molecular complexity index is 908. The molecule has 2 aromatic rings. The van der Waals surface area contributed by atoms with Gasteiger partial charge in [-0.1, -0.05) is 12.1 Å². The molecule has 0 aromatic heterocycles. The highest BCUT2D eigenvalue weighted by Gasteiger charge is 2.28. The van der Waals surface area contributed by atoms with Gasteiger partial charge in [-0.3, -0.25) is 0 Å². The molecule has 2 aromatic carbocycles. The summed E-state index contributed by atoms with van der Waals surface area (Å²) in [6.45, 7) is 3.73. The minimum absolute atomic E-state index is 0.0708. The Morgan fingerprint density at radius 3 is 2.21 bits per heavy atom. The lowest BCUT2D eigenvalue weighted by Gasteiger charge is -2.30. The zero-order valence-electron chi connectivity index (χ0n) is 15.9. The first-order valence-electron chi connectivity index (χ1n) is 9.65. The number of carboxylic acid groups (broad SMARTS) is 1. The van der Waals surface area contributed by atoms with E-state index in [-0.39, 0.29) is 17.0 Å². The smallest absolute Gasteiger partial charge is 0.338 e. The molecule has 0 spiro atoms. The molecule has 1 aliphatic rings. The average molecular weight is 406 g/mol. The Labute approximate surface area is 166 Å². The van der Waals surface area contributed by atoms with E-state index in [0.29, 0.717) is 23.6 Å². The van der Waals surface area contributed by atoms with Crippen LogP contribution < -0.4 is 0 Å². The van der Waals surface area contributed by atoms with Gasteiger partial charge in [0.05, 0.1) is 5.56 Å². The van der Waals surface area contributed by atoms with Crippen LogP contribution in [0.5, 0.6) is 0 Å². The molecule has 1 N–H and O–H groups in total. The van der Waals surface area contributed by atoms with Gasteiger partial charge < -0.3 is 5.11 Å². The van der Waals surface area contributed by atoms with Gasteiger partial charge in [0.15, 0.2) is 17.5 Å². The normalized spacial score (nSPS) is 19.2. The van der Waals surface area contributed by atoms with Crippen LogP contribution in [0.3, 0.4) is 0 Å². The molecule has 0 unspecified atom stereocenters. The minimum atomic E-state index is -1.65. The van der Waals surface area contributed by atoms with Crippen LogP contribution in [-0.2, 0) is 0 Å². The fourth-order valence-electron chi connectivity index (χ4n) is 4.21. The summed E-state index contributed by atoms with van der Waals surface area (Å²) in [4.78, 5) is 11.4. The quantitative estimate of drug-likeness (QED) is 0.324. The highest BCUT2D eigenvalue weighted by Crippen LogP contribution is 2.43. The molecule has 0 amide bonds. The molecule has 3 rings (SSSR count). The van der Waals surface area contributed by atoms with Gasteiger partial charge in [0.2, 0.25) is 0 Å². The molecule has 29 heavy (non-hydrogen) atoms. The molecular weight excluding hydrogens is 384 g/mol. The van der Waals surface area contributed by atoms with E-state index in [1.807, 2.05) is 6.08 Å². The number of carbonyl (C=O) groups is 1. The number of halogens is 4. The maximum atomic E-state index is 15.1. The number of benzene rings is 2. The van der Waals surface area contributed by atoms with E-state index in [0.717, 1.165) is 38.5 Å². The summed E-state index contributed by atoms with van der Waals surface area (Å²) in [5.41, 5.74) is -0.461. The largest absolute Gasteiger partial charge is 0.478 e. The Hall–Kier alpha value is -2.63. The third-order valence-corrected chi connectivity index (χ3v) is 5.74. The Kier molecular flexibility index (Phi) is 6.40. The van der Waals surface area contributed by atoms with Gasteiger partial charge in [-0.2, -0.15) is 0 Å². The van der Waals surface area contributed by atoms with E-state index >= 15 is 4.39 Å². The van der Waals surface area contributed by atoms with Crippen molar-refractivity contribution in [2.75, 3.05) is 0 Å². The van der Waals surface area contributed by atoms with Crippen LogP contribution in [0.25, 0.3) is 11.1 Å². The Morgan fingerprint density at radius 2 is 1.66 bits per heavy atom. The van der Waals surface area contributed by atoms with Crippen LogP contribution in [0.15, 0.2) is 36.9 Å². The second-order valence-corrected chi connectivity index (χ2v) is 7.53. The molecule has 0 radical (unpaired) electrons. The molecule has 0 saturated heterocycles. The van der Waals surface area contributed by atoms with Crippen molar-refractivity contribution in [3.05, 3.63) is 71.3 Å². The van der Waals surface area contributed by atoms with Crippen molar-refractivity contribution < 1.29 is 27.5 Å². The first-order chi connectivity index (χ1) is 13.8. The summed E-state index contributed by atoms with van der Waals surface area (Å²) >= 11 is 0. The van der Waals surface area contributed by atoms with Gasteiger partial charge in [-0.15, -0.1) is 6.58 Å². The van der Waals surface area contributed by atoms with Crippen LogP contribution in [-0.4, -0.2) is 11.1 Å². The zero-order chi connectivity index (χ0) is 21.1.